The van der Waals surface area contributed by atoms with Gasteiger partial charge in [-0.2, -0.15) is 0 Å². The minimum Gasteiger partial charge on any atom is -0.486 e. The van der Waals surface area contributed by atoms with Crippen molar-refractivity contribution in [3.8, 4) is 17.2 Å². The number of benzene rings is 1. The third kappa shape index (κ3) is 3.62. The normalized spacial score (nSPS) is 10.4. The first kappa shape index (κ1) is 16.5. The van der Waals surface area contributed by atoms with Crippen LogP contribution < -0.4 is 16.0 Å². The summed E-state index contributed by atoms with van der Waals surface area (Å²) in [5, 5.41) is 16.2. The number of carbonyl (C=O) groups excluding carboxylic acids is 1. The van der Waals surface area contributed by atoms with Gasteiger partial charge in [0.2, 0.25) is 0 Å². The summed E-state index contributed by atoms with van der Waals surface area (Å²) >= 11 is 1.14. The van der Waals surface area contributed by atoms with Crippen LogP contribution in [0, 0.1) is 10.1 Å². The van der Waals surface area contributed by atoms with Crippen LogP contribution in [0.5, 0.6) is 5.75 Å². The van der Waals surface area contributed by atoms with E-state index in [9.17, 15) is 14.9 Å². The summed E-state index contributed by atoms with van der Waals surface area (Å²) in [5.41, 5.74) is 2.67. The number of non-ortho nitro benzene ring substituents is 1. The first-order valence-electron chi connectivity index (χ1n) is 6.87. The standard InChI is InChI=1S/C14H11N5O5S/c15-16-14(20)10-5-12(11-7-25-18-17-11)24-13(10)6-23-9-3-1-8(2-4-9)19(21)22/h1-5,7H,6,15H2,(H,16,20). The fourth-order valence-corrected chi connectivity index (χ4v) is 2.46. The van der Waals surface area contributed by atoms with Gasteiger partial charge in [-0.3, -0.25) is 20.3 Å². The molecule has 0 saturated carbocycles. The third-order valence-electron chi connectivity index (χ3n) is 3.21. The van der Waals surface area contributed by atoms with Gasteiger partial charge in [-0.1, -0.05) is 4.49 Å². The zero-order valence-corrected chi connectivity index (χ0v) is 13.4. The predicted octanol–water partition coefficient (Wildman–Crippen LogP) is 1.89. The number of amides is 1. The van der Waals surface area contributed by atoms with E-state index in [0.29, 0.717) is 17.2 Å². The third-order valence-corrected chi connectivity index (χ3v) is 3.72. The maximum atomic E-state index is 11.9. The van der Waals surface area contributed by atoms with E-state index in [1.54, 1.807) is 5.38 Å². The fraction of sp³-hybridized carbons (Fsp3) is 0.0714. The van der Waals surface area contributed by atoms with Gasteiger partial charge in [0.05, 0.1) is 10.5 Å². The van der Waals surface area contributed by atoms with Gasteiger partial charge in [0, 0.05) is 17.5 Å². The lowest BCUT2D eigenvalue weighted by Crippen LogP contribution is -2.30. The van der Waals surface area contributed by atoms with Gasteiger partial charge in [-0.15, -0.1) is 5.10 Å². The highest BCUT2D eigenvalue weighted by Gasteiger charge is 2.20. The first-order chi connectivity index (χ1) is 12.1. The number of carbonyl (C=O) groups is 1. The van der Waals surface area contributed by atoms with Crippen LogP contribution in [0.25, 0.3) is 11.5 Å². The Hall–Kier alpha value is -3.31. The molecule has 1 aromatic carbocycles. The second kappa shape index (κ2) is 7.07. The molecule has 2 aromatic heterocycles. The van der Waals surface area contributed by atoms with Gasteiger partial charge in [0.25, 0.3) is 11.6 Å². The lowest BCUT2D eigenvalue weighted by atomic mass is 10.2. The topological polar surface area (TPSA) is 146 Å². The van der Waals surface area contributed by atoms with Gasteiger partial charge in [0.15, 0.2) is 11.5 Å². The molecule has 0 aliphatic carbocycles. The van der Waals surface area contributed by atoms with Crippen LogP contribution in [-0.4, -0.2) is 20.4 Å². The van der Waals surface area contributed by atoms with Crippen LogP contribution >= 0.6 is 11.5 Å². The van der Waals surface area contributed by atoms with Crippen molar-refractivity contribution in [2.24, 2.45) is 5.84 Å². The summed E-state index contributed by atoms with van der Waals surface area (Å²) in [4.78, 5) is 22.0. The van der Waals surface area contributed by atoms with Crippen molar-refractivity contribution in [2.45, 2.75) is 6.61 Å². The molecule has 0 spiro atoms. The largest absolute Gasteiger partial charge is 0.486 e. The smallest absolute Gasteiger partial charge is 0.269 e. The molecular formula is C14H11N5O5S. The Morgan fingerprint density at radius 2 is 2.16 bits per heavy atom. The van der Waals surface area contributed by atoms with E-state index in [4.69, 9.17) is 15.0 Å². The van der Waals surface area contributed by atoms with E-state index in [1.807, 2.05) is 5.43 Å². The molecule has 128 valence electrons. The minimum absolute atomic E-state index is 0.0492. The van der Waals surface area contributed by atoms with Crippen LogP contribution in [0.15, 0.2) is 40.1 Å². The molecule has 11 heteroatoms. The number of rotatable bonds is 6. The molecule has 1 amide bonds. The molecule has 0 saturated heterocycles. The second-order valence-electron chi connectivity index (χ2n) is 4.75. The lowest BCUT2D eigenvalue weighted by molar-refractivity contribution is -0.384. The lowest BCUT2D eigenvalue weighted by Gasteiger charge is -2.05. The van der Waals surface area contributed by atoms with Crippen LogP contribution in [-0.2, 0) is 6.61 Å². The quantitative estimate of drug-likeness (QED) is 0.293. The summed E-state index contributed by atoms with van der Waals surface area (Å²) in [6.45, 7) is -0.0713. The van der Waals surface area contributed by atoms with Gasteiger partial charge < -0.3 is 9.15 Å². The SMILES string of the molecule is NNC(=O)c1cc(-c2csnn2)oc1COc1ccc([N+](=O)[O-])cc1. The first-order valence-corrected chi connectivity index (χ1v) is 7.70. The number of hydrogen-bond donors (Lipinski definition) is 2. The van der Waals surface area contributed by atoms with Crippen LogP contribution in [0.4, 0.5) is 5.69 Å². The van der Waals surface area contributed by atoms with Crippen molar-refractivity contribution >= 4 is 23.1 Å². The molecule has 25 heavy (non-hydrogen) atoms. The molecule has 0 aliphatic rings. The number of hydrogen-bond acceptors (Lipinski definition) is 9. The van der Waals surface area contributed by atoms with Gasteiger partial charge >= 0.3 is 0 Å². The Balaban J connectivity index is 1.81. The molecule has 0 bridgehead atoms. The Morgan fingerprint density at radius 1 is 1.40 bits per heavy atom. The Morgan fingerprint density at radius 3 is 2.76 bits per heavy atom. The molecule has 3 N–H and O–H groups in total. The van der Waals surface area contributed by atoms with Crippen molar-refractivity contribution in [1.29, 1.82) is 0 Å². The zero-order valence-electron chi connectivity index (χ0n) is 12.5. The van der Waals surface area contributed by atoms with E-state index < -0.39 is 10.8 Å². The fourth-order valence-electron chi connectivity index (χ4n) is 2.02. The highest BCUT2D eigenvalue weighted by atomic mass is 32.1. The van der Waals surface area contributed by atoms with E-state index in [2.05, 4.69) is 9.59 Å². The van der Waals surface area contributed by atoms with Gasteiger partial charge in [0.1, 0.15) is 18.1 Å². The number of ether oxygens (including phenoxy) is 1. The monoisotopic (exact) mass is 361 g/mol. The summed E-state index contributed by atoms with van der Waals surface area (Å²) < 4.78 is 14.9. The molecule has 10 nitrogen and oxygen atoms in total. The van der Waals surface area contributed by atoms with E-state index >= 15 is 0 Å². The van der Waals surface area contributed by atoms with Gasteiger partial charge in [-0.25, -0.2) is 5.84 Å². The number of furan rings is 1. The molecular weight excluding hydrogens is 350 g/mol. The minimum atomic E-state index is -0.541. The summed E-state index contributed by atoms with van der Waals surface area (Å²) in [7, 11) is 0. The zero-order chi connectivity index (χ0) is 17.8. The van der Waals surface area contributed by atoms with Crippen molar-refractivity contribution in [3.63, 3.8) is 0 Å². The molecule has 0 radical (unpaired) electrons. The van der Waals surface area contributed by atoms with Crippen molar-refractivity contribution < 1.29 is 18.9 Å². The van der Waals surface area contributed by atoms with E-state index in [-0.39, 0.29) is 23.6 Å². The van der Waals surface area contributed by atoms with Crippen LogP contribution in [0.3, 0.4) is 0 Å². The average molecular weight is 361 g/mol. The highest BCUT2D eigenvalue weighted by molar-refractivity contribution is 7.03. The molecule has 0 unspecified atom stereocenters. The summed E-state index contributed by atoms with van der Waals surface area (Å²) in [5.74, 6) is 5.62. The molecule has 0 aliphatic heterocycles. The van der Waals surface area contributed by atoms with Crippen molar-refractivity contribution in [3.05, 3.63) is 57.1 Å². The summed E-state index contributed by atoms with van der Waals surface area (Å²) in [6.07, 6.45) is 0. The second-order valence-corrected chi connectivity index (χ2v) is 5.36. The maximum Gasteiger partial charge on any atom is 0.269 e. The van der Waals surface area contributed by atoms with E-state index in [0.717, 1.165) is 11.5 Å². The molecule has 3 aromatic rings. The number of nitro groups is 1. The number of nitrogens with zero attached hydrogens (tertiary/aromatic N) is 3. The average Bonchev–Trinajstić information content (AvgIpc) is 3.29. The van der Waals surface area contributed by atoms with Crippen molar-refractivity contribution in [2.75, 3.05) is 0 Å². The maximum absolute atomic E-state index is 11.9. The number of nitrogens with two attached hydrogens (primary N) is 1. The van der Waals surface area contributed by atoms with Crippen LogP contribution in [0.2, 0.25) is 0 Å². The Kier molecular flexibility index (Phi) is 4.68. The molecule has 0 atom stereocenters. The van der Waals surface area contributed by atoms with Crippen LogP contribution in [0.1, 0.15) is 16.1 Å². The van der Waals surface area contributed by atoms with Crippen molar-refractivity contribution in [1.82, 2.24) is 15.0 Å². The van der Waals surface area contributed by atoms with Gasteiger partial charge in [-0.05, 0) is 29.7 Å². The highest BCUT2D eigenvalue weighted by Crippen LogP contribution is 2.26. The number of nitrogens with one attached hydrogen (secondary N) is 1. The predicted molar refractivity (Wildman–Crippen MR) is 86.7 cm³/mol. The number of hydrazine groups is 1. The molecule has 3 rings (SSSR count). The number of nitrogen functional groups attached to an aromatic ring is 1. The summed E-state index contributed by atoms with van der Waals surface area (Å²) in [6, 6.07) is 7.03. The number of aromatic nitrogens is 2. The van der Waals surface area contributed by atoms with E-state index in [1.165, 1.54) is 30.3 Å². The Labute approximate surface area is 144 Å². The molecule has 2 heterocycles. The molecule has 0 fully saturated rings. The number of nitro benzene ring substituents is 1. The Bertz CT molecular complexity index is 891.